The van der Waals surface area contributed by atoms with Gasteiger partial charge in [0.25, 0.3) is 5.91 Å². The zero-order chi connectivity index (χ0) is 21.3. The van der Waals surface area contributed by atoms with Gasteiger partial charge in [0, 0.05) is 32.1 Å². The number of hydrogen-bond donors (Lipinski definition) is 2. The minimum Gasteiger partial charge on any atom is -0.375 e. The fourth-order valence-corrected chi connectivity index (χ4v) is 5.72. The summed E-state index contributed by atoms with van der Waals surface area (Å²) in [5.41, 5.74) is 0.554. The van der Waals surface area contributed by atoms with Gasteiger partial charge in [-0.2, -0.15) is 0 Å². The zero-order valence-electron chi connectivity index (χ0n) is 18.0. The molecule has 1 saturated carbocycles. The summed E-state index contributed by atoms with van der Waals surface area (Å²) < 4.78 is 0. The van der Waals surface area contributed by atoms with Gasteiger partial charge in [0.15, 0.2) is 5.60 Å². The molecule has 31 heavy (non-hydrogen) atoms. The van der Waals surface area contributed by atoms with Crippen molar-refractivity contribution in [1.82, 2.24) is 10.2 Å². The largest absolute Gasteiger partial charge is 0.375 e. The first-order valence-electron chi connectivity index (χ1n) is 11.7. The van der Waals surface area contributed by atoms with Gasteiger partial charge < -0.3 is 10.4 Å². The summed E-state index contributed by atoms with van der Waals surface area (Å²) in [6, 6.07) is 20.1. The summed E-state index contributed by atoms with van der Waals surface area (Å²) in [4.78, 5) is 15.8. The molecule has 4 heteroatoms. The van der Waals surface area contributed by atoms with Crippen molar-refractivity contribution in [2.75, 3.05) is 19.6 Å². The summed E-state index contributed by atoms with van der Waals surface area (Å²) in [7, 11) is 0. The number of likely N-dealkylation sites (tertiary alicyclic amines) is 1. The molecular weight excluding hydrogens is 384 g/mol. The maximum Gasteiger partial charge on any atom is 0.257 e. The molecule has 1 amide bonds. The van der Waals surface area contributed by atoms with E-state index in [-0.39, 0.29) is 11.8 Å². The Morgan fingerprint density at radius 1 is 1.03 bits per heavy atom. The lowest BCUT2D eigenvalue weighted by Crippen LogP contribution is -2.50. The molecule has 2 N–H and O–H groups in total. The molecule has 3 aliphatic rings. The Balaban J connectivity index is 1.19. The highest BCUT2D eigenvalue weighted by Crippen LogP contribution is 2.51. The van der Waals surface area contributed by atoms with Crippen molar-refractivity contribution in [3.63, 3.8) is 0 Å². The highest BCUT2D eigenvalue weighted by atomic mass is 16.3. The lowest BCUT2D eigenvalue weighted by atomic mass is 9.75. The van der Waals surface area contributed by atoms with Crippen LogP contribution in [-0.4, -0.2) is 35.5 Å². The normalized spacial score (nSPS) is 29.2. The maximum absolute atomic E-state index is 13.3. The highest BCUT2D eigenvalue weighted by Gasteiger charge is 2.55. The van der Waals surface area contributed by atoms with Gasteiger partial charge in [-0.1, -0.05) is 72.8 Å². The third kappa shape index (κ3) is 4.07. The Bertz CT molecular complexity index is 917. The average Bonchev–Trinajstić information content (AvgIpc) is 3.29. The van der Waals surface area contributed by atoms with Gasteiger partial charge in [-0.3, -0.25) is 9.69 Å². The van der Waals surface area contributed by atoms with Gasteiger partial charge >= 0.3 is 0 Å². The van der Waals surface area contributed by atoms with Crippen molar-refractivity contribution >= 4 is 5.91 Å². The van der Waals surface area contributed by atoms with Crippen LogP contribution in [0.25, 0.3) is 0 Å². The van der Waals surface area contributed by atoms with E-state index in [0.717, 1.165) is 38.9 Å². The van der Waals surface area contributed by atoms with Crippen LogP contribution in [0, 0.1) is 23.7 Å². The molecule has 0 spiro atoms. The Kier molecular flexibility index (Phi) is 5.68. The minimum atomic E-state index is -1.50. The molecular formula is C27H32N2O2. The summed E-state index contributed by atoms with van der Waals surface area (Å²) in [6.45, 7) is 3.89. The summed E-state index contributed by atoms with van der Waals surface area (Å²) >= 11 is 0. The number of benzene rings is 2. The Hall–Kier alpha value is -2.43. The summed E-state index contributed by atoms with van der Waals surface area (Å²) in [5.74, 6) is 1.45. The zero-order valence-corrected chi connectivity index (χ0v) is 18.0. The van der Waals surface area contributed by atoms with Crippen LogP contribution < -0.4 is 5.32 Å². The lowest BCUT2D eigenvalue weighted by Gasteiger charge is -2.35. The number of nitrogens with one attached hydrogen (secondary N) is 1. The van der Waals surface area contributed by atoms with Crippen LogP contribution in [0.2, 0.25) is 0 Å². The topological polar surface area (TPSA) is 52.6 Å². The van der Waals surface area contributed by atoms with Crippen LogP contribution in [0.15, 0.2) is 72.8 Å². The number of hydrogen-bond acceptors (Lipinski definition) is 3. The summed E-state index contributed by atoms with van der Waals surface area (Å²) in [5, 5.41) is 14.8. The van der Waals surface area contributed by atoms with Crippen LogP contribution in [-0.2, 0) is 16.9 Å². The molecule has 0 radical (unpaired) electrons. The Morgan fingerprint density at radius 2 is 1.71 bits per heavy atom. The third-order valence-electron chi connectivity index (χ3n) is 7.55. The van der Waals surface area contributed by atoms with E-state index in [1.807, 2.05) is 36.4 Å². The fourth-order valence-electron chi connectivity index (χ4n) is 5.72. The smallest absolute Gasteiger partial charge is 0.257 e. The monoisotopic (exact) mass is 416 g/mol. The SMILES string of the molecule is O=C(NCC1C2CN(Cc3ccccc3)CC12)C(O)(c1ccccc1)C1C=CCCC1. The predicted octanol–water partition coefficient (Wildman–Crippen LogP) is 3.72. The predicted molar refractivity (Wildman–Crippen MR) is 122 cm³/mol. The molecule has 4 atom stereocenters. The van der Waals surface area contributed by atoms with Crippen molar-refractivity contribution < 1.29 is 9.90 Å². The molecule has 4 nitrogen and oxygen atoms in total. The van der Waals surface area contributed by atoms with E-state index in [1.54, 1.807) is 0 Å². The standard InChI is InChI=1S/C27H32N2O2/c30-26(27(31,21-12-6-2-7-13-21)22-14-8-3-9-15-22)28-16-23-24-18-29(19-25(23)24)17-20-10-4-1-5-11-20/h1-2,4-8,10-14,22-25,31H,3,9,15-19H2,(H,28,30). The molecule has 5 rings (SSSR count). The second-order valence-corrected chi connectivity index (χ2v) is 9.48. The molecule has 0 aromatic heterocycles. The fraction of sp³-hybridized carbons (Fsp3) is 0.444. The van der Waals surface area contributed by atoms with E-state index in [9.17, 15) is 9.90 Å². The van der Waals surface area contributed by atoms with Crippen LogP contribution in [0.1, 0.15) is 30.4 Å². The van der Waals surface area contributed by atoms with E-state index >= 15 is 0 Å². The number of allylic oxidation sites excluding steroid dienone is 1. The summed E-state index contributed by atoms with van der Waals surface area (Å²) in [6.07, 6.45) is 6.99. The van der Waals surface area contributed by atoms with Crippen molar-refractivity contribution in [2.24, 2.45) is 23.7 Å². The first kappa shape index (κ1) is 20.5. The highest BCUT2D eigenvalue weighted by molar-refractivity contribution is 5.87. The number of nitrogens with zero attached hydrogens (tertiary/aromatic N) is 1. The van der Waals surface area contributed by atoms with E-state index in [1.165, 1.54) is 5.56 Å². The van der Waals surface area contributed by atoms with Gasteiger partial charge in [0.2, 0.25) is 0 Å². The quantitative estimate of drug-likeness (QED) is 0.677. The Labute approximate surface area is 185 Å². The number of amides is 1. The number of rotatable bonds is 7. The maximum atomic E-state index is 13.3. The number of fused-ring (bicyclic) bond motifs is 1. The van der Waals surface area contributed by atoms with E-state index in [0.29, 0.717) is 29.9 Å². The van der Waals surface area contributed by atoms with Crippen molar-refractivity contribution in [3.8, 4) is 0 Å². The molecule has 1 saturated heterocycles. The third-order valence-corrected chi connectivity index (χ3v) is 7.55. The van der Waals surface area contributed by atoms with E-state index in [4.69, 9.17) is 0 Å². The van der Waals surface area contributed by atoms with Crippen LogP contribution in [0.4, 0.5) is 0 Å². The second kappa shape index (κ2) is 8.60. The number of piperidine rings is 1. The minimum absolute atomic E-state index is 0.177. The second-order valence-electron chi connectivity index (χ2n) is 9.48. The number of aliphatic hydroxyl groups is 1. The van der Waals surface area contributed by atoms with Crippen molar-refractivity contribution in [2.45, 2.75) is 31.4 Å². The average molecular weight is 417 g/mol. The molecule has 2 aliphatic carbocycles. The van der Waals surface area contributed by atoms with E-state index < -0.39 is 5.60 Å². The first-order chi connectivity index (χ1) is 15.2. The molecule has 162 valence electrons. The molecule has 2 aromatic rings. The van der Waals surface area contributed by atoms with Crippen LogP contribution >= 0.6 is 0 Å². The Morgan fingerprint density at radius 3 is 2.35 bits per heavy atom. The first-order valence-corrected chi connectivity index (χ1v) is 11.7. The van der Waals surface area contributed by atoms with E-state index in [2.05, 4.69) is 46.6 Å². The molecule has 0 bridgehead atoms. The lowest BCUT2D eigenvalue weighted by molar-refractivity contribution is -0.146. The van der Waals surface area contributed by atoms with Crippen LogP contribution in [0.3, 0.4) is 0 Å². The van der Waals surface area contributed by atoms with Gasteiger partial charge in [-0.25, -0.2) is 0 Å². The van der Waals surface area contributed by atoms with Gasteiger partial charge in [0.05, 0.1) is 0 Å². The van der Waals surface area contributed by atoms with Gasteiger partial charge in [0.1, 0.15) is 0 Å². The van der Waals surface area contributed by atoms with Crippen LogP contribution in [0.5, 0.6) is 0 Å². The number of carbonyl (C=O) groups excluding carboxylic acids is 1. The molecule has 2 fully saturated rings. The van der Waals surface area contributed by atoms with Crippen molar-refractivity contribution in [1.29, 1.82) is 0 Å². The molecule has 4 unspecified atom stereocenters. The van der Waals surface area contributed by atoms with Gasteiger partial charge in [-0.05, 0) is 48.1 Å². The van der Waals surface area contributed by atoms with Crippen molar-refractivity contribution in [3.05, 3.63) is 83.9 Å². The molecule has 1 heterocycles. The molecule has 2 aromatic carbocycles. The molecule has 1 aliphatic heterocycles. The van der Waals surface area contributed by atoms with Gasteiger partial charge in [-0.15, -0.1) is 0 Å². The number of carbonyl (C=O) groups is 1.